The van der Waals surface area contributed by atoms with Gasteiger partial charge in [-0.25, -0.2) is 8.42 Å². The number of nitrogens with one attached hydrogen (secondary N) is 1. The molecule has 0 spiro atoms. The molecule has 25 heavy (non-hydrogen) atoms. The maximum Gasteiger partial charge on any atom is 0.251 e. The number of nitrogens with zero attached hydrogens (tertiary/aromatic N) is 1. The van der Waals surface area contributed by atoms with E-state index in [-0.39, 0.29) is 22.6 Å². The average Bonchev–Trinajstić information content (AvgIpc) is 2.62. The molecule has 0 aromatic heterocycles. The van der Waals surface area contributed by atoms with Crippen LogP contribution in [0.25, 0.3) is 0 Å². The summed E-state index contributed by atoms with van der Waals surface area (Å²) >= 11 is 0. The molecule has 1 aromatic carbocycles. The van der Waals surface area contributed by atoms with Crippen LogP contribution in [-0.2, 0) is 10.0 Å². The van der Waals surface area contributed by atoms with Gasteiger partial charge in [-0.2, -0.15) is 4.31 Å². The van der Waals surface area contributed by atoms with Crippen molar-refractivity contribution in [3.05, 3.63) is 23.8 Å². The van der Waals surface area contributed by atoms with Gasteiger partial charge in [0.05, 0.1) is 7.11 Å². The zero-order valence-electron chi connectivity index (χ0n) is 15.2. The number of amides is 1. The lowest BCUT2D eigenvalue weighted by atomic mass is 10.1. The second kappa shape index (κ2) is 8.67. The second-order valence-electron chi connectivity index (χ2n) is 6.49. The number of benzene rings is 1. The number of ether oxygens (including phenoxy) is 1. The second-order valence-corrected chi connectivity index (χ2v) is 8.40. The van der Waals surface area contributed by atoms with Gasteiger partial charge in [0.25, 0.3) is 5.91 Å². The quantitative estimate of drug-likeness (QED) is 0.803. The van der Waals surface area contributed by atoms with Crippen molar-refractivity contribution in [2.24, 2.45) is 0 Å². The molecule has 7 heteroatoms. The average molecular weight is 368 g/mol. The Morgan fingerprint density at radius 1 is 1.28 bits per heavy atom. The number of hydrogen-bond acceptors (Lipinski definition) is 4. The number of methoxy groups -OCH3 is 1. The Morgan fingerprint density at radius 3 is 2.56 bits per heavy atom. The Hall–Kier alpha value is -1.60. The largest absolute Gasteiger partial charge is 0.495 e. The Kier molecular flexibility index (Phi) is 6.84. The molecule has 6 nitrogen and oxygen atoms in total. The summed E-state index contributed by atoms with van der Waals surface area (Å²) in [7, 11) is -2.23. The van der Waals surface area contributed by atoms with Gasteiger partial charge in [0, 0.05) is 24.7 Å². The van der Waals surface area contributed by atoms with Crippen LogP contribution in [0, 0.1) is 0 Å². The highest BCUT2D eigenvalue weighted by molar-refractivity contribution is 7.89. The summed E-state index contributed by atoms with van der Waals surface area (Å²) in [4.78, 5) is 12.5. The van der Waals surface area contributed by atoms with Gasteiger partial charge in [0.1, 0.15) is 10.6 Å². The molecule has 1 N–H and O–H groups in total. The number of piperidine rings is 1. The van der Waals surface area contributed by atoms with Gasteiger partial charge in [0.2, 0.25) is 10.0 Å². The highest BCUT2D eigenvalue weighted by Crippen LogP contribution is 2.29. The Labute approximate surface area is 150 Å². The van der Waals surface area contributed by atoms with Crippen LogP contribution >= 0.6 is 0 Å². The van der Waals surface area contributed by atoms with Crippen LogP contribution in [0.4, 0.5) is 0 Å². The van der Waals surface area contributed by atoms with Crippen molar-refractivity contribution in [1.82, 2.24) is 9.62 Å². The van der Waals surface area contributed by atoms with Gasteiger partial charge in [-0.3, -0.25) is 4.79 Å². The van der Waals surface area contributed by atoms with E-state index in [0.29, 0.717) is 18.7 Å². The third-order valence-electron chi connectivity index (χ3n) is 4.46. The van der Waals surface area contributed by atoms with E-state index in [1.54, 1.807) is 12.1 Å². The van der Waals surface area contributed by atoms with E-state index in [2.05, 4.69) is 12.2 Å². The van der Waals surface area contributed by atoms with Gasteiger partial charge >= 0.3 is 0 Å². The maximum atomic E-state index is 13.0. The first-order valence-corrected chi connectivity index (χ1v) is 10.3. The maximum absolute atomic E-state index is 13.0. The Balaban J connectivity index is 2.32. The van der Waals surface area contributed by atoms with Crippen molar-refractivity contribution in [1.29, 1.82) is 0 Å². The molecule has 0 unspecified atom stereocenters. The number of hydrogen-bond donors (Lipinski definition) is 1. The van der Waals surface area contributed by atoms with E-state index < -0.39 is 10.0 Å². The predicted molar refractivity (Wildman–Crippen MR) is 97.4 cm³/mol. The SMILES string of the molecule is CCC[C@@H](C)NC(=O)c1ccc(OC)c(S(=O)(=O)N2CCCCC2)c1. The monoisotopic (exact) mass is 368 g/mol. The van der Waals surface area contributed by atoms with Crippen molar-refractivity contribution in [2.45, 2.75) is 56.9 Å². The van der Waals surface area contributed by atoms with Crippen molar-refractivity contribution in [2.75, 3.05) is 20.2 Å². The van der Waals surface area contributed by atoms with E-state index >= 15 is 0 Å². The zero-order valence-corrected chi connectivity index (χ0v) is 16.1. The summed E-state index contributed by atoms with van der Waals surface area (Å²) < 4.78 is 32.7. The molecule has 0 aliphatic carbocycles. The molecule has 0 radical (unpaired) electrons. The van der Waals surface area contributed by atoms with Crippen molar-refractivity contribution in [3.8, 4) is 5.75 Å². The summed E-state index contributed by atoms with van der Waals surface area (Å²) in [6.45, 7) is 5.01. The molecule has 1 heterocycles. The molecule has 1 aliphatic heterocycles. The van der Waals surface area contributed by atoms with Gasteiger partial charge < -0.3 is 10.1 Å². The number of sulfonamides is 1. The summed E-state index contributed by atoms with van der Waals surface area (Å²) in [5.41, 5.74) is 0.333. The molecular formula is C18H28N2O4S. The number of rotatable bonds is 7. The van der Waals surface area contributed by atoms with Gasteiger partial charge in [-0.1, -0.05) is 19.8 Å². The molecule has 140 valence electrons. The molecule has 1 aromatic rings. The fourth-order valence-electron chi connectivity index (χ4n) is 3.08. The highest BCUT2D eigenvalue weighted by Gasteiger charge is 2.29. The smallest absolute Gasteiger partial charge is 0.251 e. The summed E-state index contributed by atoms with van der Waals surface area (Å²) in [5.74, 6) is 0.00225. The molecule has 0 bridgehead atoms. The molecule has 1 atom stereocenters. The van der Waals surface area contributed by atoms with Crippen LogP contribution < -0.4 is 10.1 Å². The normalized spacial score (nSPS) is 17.1. The van der Waals surface area contributed by atoms with E-state index in [4.69, 9.17) is 4.74 Å². The molecule has 1 amide bonds. The number of carbonyl (C=O) groups excluding carboxylic acids is 1. The lowest BCUT2D eigenvalue weighted by Gasteiger charge is -2.26. The molecule has 0 saturated carbocycles. The fourth-order valence-corrected chi connectivity index (χ4v) is 4.77. The Morgan fingerprint density at radius 2 is 1.96 bits per heavy atom. The van der Waals surface area contributed by atoms with Crippen LogP contribution in [0.15, 0.2) is 23.1 Å². The standard InChI is InChI=1S/C18H28N2O4S/c1-4-8-14(2)19-18(21)15-9-10-16(24-3)17(13-15)25(22,23)20-11-6-5-7-12-20/h9-10,13-14H,4-8,11-12H2,1-3H3,(H,19,21)/t14-/m1/s1. The molecule has 2 rings (SSSR count). The third kappa shape index (κ3) is 4.73. The van der Waals surface area contributed by atoms with Gasteiger partial charge in [-0.15, -0.1) is 0 Å². The van der Waals surface area contributed by atoms with Crippen LogP contribution in [-0.4, -0.2) is 44.9 Å². The Bertz CT molecular complexity index is 697. The van der Waals surface area contributed by atoms with E-state index in [1.807, 2.05) is 6.92 Å². The summed E-state index contributed by atoms with van der Waals surface area (Å²) in [6.07, 6.45) is 4.60. The van der Waals surface area contributed by atoms with Crippen molar-refractivity contribution >= 4 is 15.9 Å². The minimum atomic E-state index is -3.67. The summed E-state index contributed by atoms with van der Waals surface area (Å²) in [5, 5.41) is 2.90. The minimum absolute atomic E-state index is 0.0433. The first-order valence-electron chi connectivity index (χ1n) is 8.89. The number of carbonyl (C=O) groups is 1. The lowest BCUT2D eigenvalue weighted by molar-refractivity contribution is 0.0938. The van der Waals surface area contributed by atoms with Crippen molar-refractivity contribution < 1.29 is 17.9 Å². The van der Waals surface area contributed by atoms with Crippen LogP contribution in [0.1, 0.15) is 56.3 Å². The van der Waals surface area contributed by atoms with Gasteiger partial charge in [0.15, 0.2) is 0 Å². The van der Waals surface area contributed by atoms with Gasteiger partial charge in [-0.05, 0) is 44.4 Å². The fraction of sp³-hybridized carbons (Fsp3) is 0.611. The van der Waals surface area contributed by atoms with E-state index in [1.165, 1.54) is 17.5 Å². The topological polar surface area (TPSA) is 75.7 Å². The molecule has 1 saturated heterocycles. The lowest BCUT2D eigenvalue weighted by Crippen LogP contribution is -2.36. The summed E-state index contributed by atoms with van der Waals surface area (Å²) in [6, 6.07) is 4.62. The highest BCUT2D eigenvalue weighted by atomic mass is 32.2. The van der Waals surface area contributed by atoms with Crippen molar-refractivity contribution in [3.63, 3.8) is 0 Å². The molecule has 1 aliphatic rings. The third-order valence-corrected chi connectivity index (χ3v) is 6.38. The van der Waals surface area contributed by atoms with Crippen LogP contribution in [0.5, 0.6) is 5.75 Å². The first-order chi connectivity index (χ1) is 11.9. The zero-order chi connectivity index (χ0) is 18.4. The van der Waals surface area contributed by atoms with E-state index in [9.17, 15) is 13.2 Å². The predicted octanol–water partition coefficient (Wildman–Crippen LogP) is 2.79. The minimum Gasteiger partial charge on any atom is -0.495 e. The van der Waals surface area contributed by atoms with E-state index in [0.717, 1.165) is 32.1 Å². The van der Waals surface area contributed by atoms with Crippen LogP contribution in [0.3, 0.4) is 0 Å². The molecular weight excluding hydrogens is 340 g/mol. The van der Waals surface area contributed by atoms with Crippen LogP contribution in [0.2, 0.25) is 0 Å². The first kappa shape index (κ1) is 19.7. The molecule has 1 fully saturated rings.